The lowest BCUT2D eigenvalue weighted by Gasteiger charge is -2.47. The Bertz CT molecular complexity index is 561. The molecule has 27 heavy (non-hydrogen) atoms. The third-order valence-electron chi connectivity index (χ3n) is 3.94. The van der Waals surface area contributed by atoms with E-state index in [0.29, 0.717) is 0 Å². The van der Waals surface area contributed by atoms with Crippen LogP contribution in [0.5, 0.6) is 0 Å². The maximum Gasteiger partial charge on any atom is 0.364 e. The van der Waals surface area contributed by atoms with Gasteiger partial charge in [-0.25, -0.2) is 4.79 Å². The number of rotatable bonds is 8. The average Bonchev–Trinajstić information content (AvgIpc) is 2.53. The minimum atomic E-state index is -2.30. The van der Waals surface area contributed by atoms with Gasteiger partial charge < -0.3 is 40.5 Å². The molecule has 1 heterocycles. The Morgan fingerprint density at radius 3 is 2.33 bits per heavy atom. The number of aliphatic carboxylic acids is 1. The van der Waals surface area contributed by atoms with Gasteiger partial charge in [0.1, 0.15) is 12.2 Å². The molecule has 1 aliphatic rings. The molecule has 156 valence electrons. The predicted molar refractivity (Wildman–Crippen MR) is 94.4 cm³/mol. The van der Waals surface area contributed by atoms with Crippen molar-refractivity contribution in [3.05, 3.63) is 0 Å². The Morgan fingerprint density at radius 1 is 1.30 bits per heavy atom. The van der Waals surface area contributed by atoms with E-state index in [9.17, 15) is 34.8 Å². The molecule has 2 amide bonds. The number of aliphatic hydroxyl groups is 3. The van der Waals surface area contributed by atoms with Crippen LogP contribution in [0.3, 0.4) is 0 Å². The number of carbonyl (C=O) groups excluding carboxylic acids is 2. The molecule has 11 nitrogen and oxygen atoms in total. The Morgan fingerprint density at radius 2 is 1.89 bits per heavy atom. The number of aliphatic hydroxyl groups excluding tert-OH is 3. The first-order valence-electron chi connectivity index (χ1n) is 8.30. The highest BCUT2D eigenvalue weighted by molar-refractivity contribution is 7.17. The molecule has 1 aliphatic heterocycles. The molecule has 0 aromatic rings. The molecular weight excluding hydrogens is 383 g/mol. The first kappa shape index (κ1) is 23.7. The Balaban J connectivity index is 3.17. The smallest absolute Gasteiger partial charge is 0.364 e. The van der Waals surface area contributed by atoms with Crippen LogP contribution in [0.1, 0.15) is 27.2 Å². The summed E-state index contributed by atoms with van der Waals surface area (Å²) < 4.78 is 10.8. The van der Waals surface area contributed by atoms with Gasteiger partial charge in [-0.05, 0) is 6.92 Å². The number of carbonyl (C=O) groups is 3. The Labute approximate surface area is 158 Å². The molecule has 0 aromatic carbocycles. The molecule has 1 fully saturated rings. The molecule has 1 saturated heterocycles. The van der Waals surface area contributed by atoms with Gasteiger partial charge in [0.25, 0.3) is 5.79 Å². The number of carboxylic acid groups (broad SMARTS) is 1. The normalized spacial score (nSPS) is 31.4. The van der Waals surface area contributed by atoms with Crippen LogP contribution in [-0.4, -0.2) is 86.8 Å². The second-order valence-corrected chi connectivity index (χ2v) is 7.40. The maximum absolute atomic E-state index is 11.8. The molecule has 6 N–H and O–H groups in total. The summed E-state index contributed by atoms with van der Waals surface area (Å²) >= 11 is 0. The van der Waals surface area contributed by atoms with Crippen molar-refractivity contribution in [3.8, 4) is 0 Å². The SMILES string of the molecule is CC(=O)NC[C@@H](O)[C@@H](O)C1O[C@](OC(C)P)(C(=O)O)CC(O)[C@H]1NC(C)=O. The number of nitrogens with one attached hydrogen (secondary N) is 2. The fourth-order valence-electron chi connectivity index (χ4n) is 2.81. The fraction of sp³-hybridized carbons (Fsp3) is 0.800. The third-order valence-corrected chi connectivity index (χ3v) is 4.07. The molecular formula is C15H27N2O9P. The first-order chi connectivity index (χ1) is 12.4. The summed E-state index contributed by atoms with van der Waals surface area (Å²) in [7, 11) is 2.22. The van der Waals surface area contributed by atoms with Crippen LogP contribution in [0, 0.1) is 0 Å². The van der Waals surface area contributed by atoms with Gasteiger partial charge in [0.05, 0.1) is 24.1 Å². The van der Waals surface area contributed by atoms with Crippen molar-refractivity contribution in [2.45, 2.75) is 69.3 Å². The molecule has 8 atom stereocenters. The van der Waals surface area contributed by atoms with E-state index in [4.69, 9.17) is 9.47 Å². The van der Waals surface area contributed by atoms with Gasteiger partial charge in [-0.3, -0.25) is 9.59 Å². The van der Waals surface area contributed by atoms with Crippen LogP contribution >= 0.6 is 9.24 Å². The van der Waals surface area contributed by atoms with Crippen molar-refractivity contribution in [1.29, 1.82) is 0 Å². The minimum absolute atomic E-state index is 0.347. The number of carboxylic acids is 1. The number of hydrogen-bond donors (Lipinski definition) is 6. The van der Waals surface area contributed by atoms with Gasteiger partial charge in [0.2, 0.25) is 11.8 Å². The van der Waals surface area contributed by atoms with E-state index in [2.05, 4.69) is 19.9 Å². The number of ether oxygens (including phenoxy) is 2. The summed E-state index contributed by atoms with van der Waals surface area (Å²) in [4.78, 5) is 34.2. The van der Waals surface area contributed by atoms with Crippen LogP contribution in [0.15, 0.2) is 0 Å². The van der Waals surface area contributed by atoms with Gasteiger partial charge in [0, 0.05) is 26.8 Å². The van der Waals surface area contributed by atoms with Crippen molar-refractivity contribution < 1.29 is 44.3 Å². The molecule has 0 aliphatic carbocycles. The van der Waals surface area contributed by atoms with Crippen molar-refractivity contribution >= 4 is 27.0 Å². The van der Waals surface area contributed by atoms with Crippen LogP contribution in [0.2, 0.25) is 0 Å². The third kappa shape index (κ3) is 6.34. The largest absolute Gasteiger partial charge is 0.477 e. The zero-order chi connectivity index (χ0) is 20.9. The van der Waals surface area contributed by atoms with Gasteiger partial charge in [0.15, 0.2) is 0 Å². The van der Waals surface area contributed by atoms with Crippen molar-refractivity contribution in [2.24, 2.45) is 0 Å². The topological polar surface area (TPSA) is 175 Å². The monoisotopic (exact) mass is 410 g/mol. The van der Waals surface area contributed by atoms with E-state index in [1.807, 2.05) is 0 Å². The summed E-state index contributed by atoms with van der Waals surface area (Å²) in [5.41, 5.74) is 0. The molecule has 0 bridgehead atoms. The van der Waals surface area contributed by atoms with E-state index in [0.717, 1.165) is 0 Å². The van der Waals surface area contributed by atoms with Crippen molar-refractivity contribution in [3.63, 3.8) is 0 Å². The van der Waals surface area contributed by atoms with E-state index >= 15 is 0 Å². The Kier molecular flexibility index (Phi) is 8.52. The molecule has 12 heteroatoms. The van der Waals surface area contributed by atoms with Crippen molar-refractivity contribution in [2.75, 3.05) is 6.54 Å². The van der Waals surface area contributed by atoms with Gasteiger partial charge in [-0.1, -0.05) is 0 Å². The highest BCUT2D eigenvalue weighted by Gasteiger charge is 2.56. The minimum Gasteiger partial charge on any atom is -0.477 e. The van der Waals surface area contributed by atoms with Crippen LogP contribution in [-0.2, 0) is 23.9 Å². The molecule has 0 saturated carbocycles. The predicted octanol–water partition coefficient (Wildman–Crippen LogP) is -2.48. The van der Waals surface area contributed by atoms with E-state index in [1.165, 1.54) is 20.8 Å². The highest BCUT2D eigenvalue weighted by Crippen LogP contribution is 2.35. The van der Waals surface area contributed by atoms with E-state index < -0.39 is 66.3 Å². The average molecular weight is 410 g/mol. The lowest BCUT2D eigenvalue weighted by molar-refractivity contribution is -0.313. The summed E-state index contributed by atoms with van der Waals surface area (Å²) in [6, 6.07) is -1.21. The maximum atomic E-state index is 11.8. The van der Waals surface area contributed by atoms with Gasteiger partial charge >= 0.3 is 5.97 Å². The quantitative estimate of drug-likeness (QED) is 0.237. The standard InChI is InChI=1S/C15H27N2O9P/c1-6(18)16-5-10(21)12(22)13-11(17-7(2)19)9(20)4-15(26-13,14(23)24)25-8(3)27/h8-13,20-22H,4-5,27H2,1-3H3,(H,16,18)(H,17,19)(H,23,24)/t8?,9?,10-,11-,12-,13?,15+/m1/s1. The first-order valence-corrected chi connectivity index (χ1v) is 8.96. The lowest BCUT2D eigenvalue weighted by atomic mass is 9.88. The molecule has 0 aromatic heterocycles. The molecule has 0 spiro atoms. The zero-order valence-electron chi connectivity index (χ0n) is 15.3. The number of hydrogen-bond acceptors (Lipinski definition) is 8. The van der Waals surface area contributed by atoms with E-state index in [1.54, 1.807) is 0 Å². The highest BCUT2D eigenvalue weighted by atomic mass is 31.0. The number of amides is 2. The van der Waals surface area contributed by atoms with Crippen LogP contribution in [0.4, 0.5) is 0 Å². The van der Waals surface area contributed by atoms with Gasteiger partial charge in [-0.2, -0.15) is 0 Å². The Hall–Kier alpha value is -1.36. The summed E-state index contributed by atoms with van der Waals surface area (Å²) in [5.74, 6) is -5.52. The summed E-state index contributed by atoms with van der Waals surface area (Å²) in [5, 5.41) is 45.3. The fourth-order valence-corrected chi connectivity index (χ4v) is 3.03. The second kappa shape index (κ2) is 9.72. The lowest BCUT2D eigenvalue weighted by Crippen LogP contribution is -2.68. The van der Waals surface area contributed by atoms with Crippen LogP contribution < -0.4 is 10.6 Å². The van der Waals surface area contributed by atoms with Gasteiger partial charge in [-0.15, -0.1) is 9.24 Å². The summed E-state index contributed by atoms with van der Waals surface area (Å²) in [6.45, 7) is 3.57. The second-order valence-electron chi connectivity index (χ2n) is 6.46. The van der Waals surface area contributed by atoms with Crippen LogP contribution in [0.25, 0.3) is 0 Å². The molecule has 1 rings (SSSR count). The molecule has 4 unspecified atom stereocenters. The molecule has 0 radical (unpaired) electrons. The van der Waals surface area contributed by atoms with Crippen molar-refractivity contribution in [1.82, 2.24) is 10.6 Å². The summed E-state index contributed by atoms with van der Waals surface area (Å²) in [6.07, 6.45) is -6.79. The van der Waals surface area contributed by atoms with E-state index in [-0.39, 0.29) is 6.54 Å². The zero-order valence-corrected chi connectivity index (χ0v) is 16.4.